The molecule has 0 aliphatic rings. The molecule has 0 aliphatic heterocycles. The Morgan fingerprint density at radius 2 is 1.62 bits per heavy atom. The summed E-state index contributed by atoms with van der Waals surface area (Å²) < 4.78 is 5.97. The van der Waals surface area contributed by atoms with Crippen LogP contribution < -0.4 is 10.1 Å². The van der Waals surface area contributed by atoms with Crippen molar-refractivity contribution in [3.63, 3.8) is 0 Å². The van der Waals surface area contributed by atoms with Gasteiger partial charge in [0.1, 0.15) is 5.75 Å². The first kappa shape index (κ1) is 18.0. The van der Waals surface area contributed by atoms with Crippen LogP contribution in [0, 0.1) is 0 Å². The summed E-state index contributed by atoms with van der Waals surface area (Å²) in [6.07, 6.45) is 0.191. The molecule has 3 heteroatoms. The number of hydrogen-bond acceptors (Lipinski definition) is 2. The zero-order valence-corrected chi connectivity index (χ0v) is 15.5. The highest BCUT2D eigenvalue weighted by Crippen LogP contribution is 2.26. The van der Waals surface area contributed by atoms with Gasteiger partial charge in [-0.3, -0.25) is 4.79 Å². The molecule has 3 aromatic carbocycles. The minimum Gasteiger partial charge on any atom is -0.480 e. The summed E-state index contributed by atoms with van der Waals surface area (Å²) in [5.74, 6) is 0.616. The normalized spacial score (nSPS) is 12.6. The first-order chi connectivity index (χ1) is 12.4. The fourth-order valence-electron chi connectivity index (χ4n) is 3.13. The number of rotatable bonds is 6. The average Bonchev–Trinajstić information content (AvgIpc) is 2.62. The van der Waals surface area contributed by atoms with Crippen LogP contribution in [0.15, 0.2) is 72.8 Å². The van der Waals surface area contributed by atoms with Crippen LogP contribution in [0.5, 0.6) is 5.75 Å². The van der Waals surface area contributed by atoms with Crippen LogP contribution in [0.1, 0.15) is 26.3 Å². The fraction of sp³-hybridized carbons (Fsp3) is 0.261. The summed E-state index contributed by atoms with van der Waals surface area (Å²) >= 11 is 0. The van der Waals surface area contributed by atoms with Crippen molar-refractivity contribution in [1.29, 1.82) is 0 Å². The third-order valence-corrected chi connectivity index (χ3v) is 4.37. The standard InChI is InChI=1S/C23H25NO2/c1-17(26-21-15-9-13-19-12-7-8-14-20(19)21)22(25)24-23(2,3)16-18-10-5-4-6-11-18/h4-15,17H,16H2,1-3H3,(H,24,25). The molecule has 26 heavy (non-hydrogen) atoms. The van der Waals surface area contributed by atoms with Gasteiger partial charge in [-0.15, -0.1) is 0 Å². The maximum absolute atomic E-state index is 12.7. The molecule has 0 aliphatic carbocycles. The molecule has 3 rings (SSSR count). The van der Waals surface area contributed by atoms with Crippen molar-refractivity contribution in [2.45, 2.75) is 38.8 Å². The lowest BCUT2D eigenvalue weighted by Crippen LogP contribution is -2.49. The number of amides is 1. The molecule has 0 saturated heterocycles. The molecular formula is C23H25NO2. The summed E-state index contributed by atoms with van der Waals surface area (Å²) in [5, 5.41) is 5.22. The van der Waals surface area contributed by atoms with E-state index in [1.54, 1.807) is 6.92 Å². The smallest absolute Gasteiger partial charge is 0.261 e. The van der Waals surface area contributed by atoms with Gasteiger partial charge in [-0.05, 0) is 44.2 Å². The second-order valence-corrected chi connectivity index (χ2v) is 7.27. The third kappa shape index (κ3) is 4.42. The molecule has 0 saturated carbocycles. The molecule has 0 radical (unpaired) electrons. The highest BCUT2D eigenvalue weighted by Gasteiger charge is 2.25. The van der Waals surface area contributed by atoms with Crippen molar-refractivity contribution in [2.75, 3.05) is 0 Å². The number of carbonyl (C=O) groups is 1. The monoisotopic (exact) mass is 347 g/mol. The van der Waals surface area contributed by atoms with Crippen LogP contribution in [0.4, 0.5) is 0 Å². The Morgan fingerprint density at radius 1 is 0.962 bits per heavy atom. The van der Waals surface area contributed by atoms with Gasteiger partial charge >= 0.3 is 0 Å². The molecule has 1 atom stereocenters. The lowest BCUT2D eigenvalue weighted by atomic mass is 9.94. The van der Waals surface area contributed by atoms with Crippen molar-refractivity contribution in [1.82, 2.24) is 5.32 Å². The van der Waals surface area contributed by atoms with E-state index in [1.807, 2.05) is 74.5 Å². The first-order valence-electron chi connectivity index (χ1n) is 8.95. The molecule has 0 heterocycles. The van der Waals surface area contributed by atoms with E-state index >= 15 is 0 Å². The Morgan fingerprint density at radius 3 is 2.38 bits per heavy atom. The number of carbonyl (C=O) groups excluding carboxylic acids is 1. The molecular weight excluding hydrogens is 322 g/mol. The predicted molar refractivity (Wildman–Crippen MR) is 106 cm³/mol. The molecule has 0 bridgehead atoms. The van der Waals surface area contributed by atoms with Gasteiger partial charge in [0.15, 0.2) is 6.10 Å². The Labute approximate surface area is 155 Å². The Kier molecular flexibility index (Phi) is 5.27. The van der Waals surface area contributed by atoms with Gasteiger partial charge in [0.2, 0.25) is 0 Å². The lowest BCUT2D eigenvalue weighted by Gasteiger charge is -2.28. The van der Waals surface area contributed by atoms with Gasteiger partial charge in [-0.1, -0.05) is 66.7 Å². The highest BCUT2D eigenvalue weighted by molar-refractivity contribution is 5.89. The van der Waals surface area contributed by atoms with Crippen LogP contribution in [-0.4, -0.2) is 17.6 Å². The minimum absolute atomic E-state index is 0.112. The van der Waals surface area contributed by atoms with E-state index in [-0.39, 0.29) is 11.4 Å². The van der Waals surface area contributed by atoms with Gasteiger partial charge in [0.05, 0.1) is 0 Å². The Balaban J connectivity index is 1.67. The van der Waals surface area contributed by atoms with Crippen LogP contribution in [0.25, 0.3) is 10.8 Å². The molecule has 0 spiro atoms. The fourth-order valence-corrected chi connectivity index (χ4v) is 3.13. The molecule has 0 aromatic heterocycles. The topological polar surface area (TPSA) is 38.3 Å². The van der Waals surface area contributed by atoms with Crippen LogP contribution in [0.2, 0.25) is 0 Å². The SMILES string of the molecule is CC(Oc1cccc2ccccc12)C(=O)NC(C)(C)Cc1ccccc1. The maximum atomic E-state index is 12.7. The van der Waals surface area contributed by atoms with Crippen molar-refractivity contribution >= 4 is 16.7 Å². The van der Waals surface area contributed by atoms with Crippen molar-refractivity contribution in [3.05, 3.63) is 78.4 Å². The maximum Gasteiger partial charge on any atom is 0.261 e. The van der Waals surface area contributed by atoms with Gasteiger partial charge in [-0.2, -0.15) is 0 Å². The summed E-state index contributed by atoms with van der Waals surface area (Å²) in [6.45, 7) is 5.85. The quantitative estimate of drug-likeness (QED) is 0.699. The van der Waals surface area contributed by atoms with Gasteiger partial charge in [0.25, 0.3) is 5.91 Å². The first-order valence-corrected chi connectivity index (χ1v) is 8.95. The van der Waals surface area contributed by atoms with Crippen molar-refractivity contribution in [2.24, 2.45) is 0 Å². The van der Waals surface area contributed by atoms with Crippen molar-refractivity contribution < 1.29 is 9.53 Å². The summed E-state index contributed by atoms with van der Waals surface area (Å²) in [5.41, 5.74) is 0.842. The van der Waals surface area contributed by atoms with E-state index in [0.29, 0.717) is 0 Å². The number of ether oxygens (including phenoxy) is 1. The molecule has 3 nitrogen and oxygen atoms in total. The molecule has 1 N–H and O–H groups in total. The van der Waals surface area contributed by atoms with E-state index in [1.165, 1.54) is 5.56 Å². The third-order valence-electron chi connectivity index (χ3n) is 4.37. The van der Waals surface area contributed by atoms with Crippen LogP contribution >= 0.6 is 0 Å². The van der Waals surface area contributed by atoms with E-state index in [9.17, 15) is 4.79 Å². The van der Waals surface area contributed by atoms with Crippen molar-refractivity contribution in [3.8, 4) is 5.75 Å². The lowest BCUT2D eigenvalue weighted by molar-refractivity contribution is -0.128. The largest absolute Gasteiger partial charge is 0.480 e. The number of hydrogen-bond donors (Lipinski definition) is 1. The Bertz CT molecular complexity index is 882. The second-order valence-electron chi connectivity index (χ2n) is 7.27. The summed E-state index contributed by atoms with van der Waals surface area (Å²) in [4.78, 5) is 12.7. The number of nitrogens with one attached hydrogen (secondary N) is 1. The van der Waals surface area contributed by atoms with Gasteiger partial charge in [0, 0.05) is 10.9 Å². The summed E-state index contributed by atoms with van der Waals surface area (Å²) in [6, 6.07) is 24.1. The summed E-state index contributed by atoms with van der Waals surface area (Å²) in [7, 11) is 0. The number of benzene rings is 3. The molecule has 134 valence electrons. The molecule has 0 fully saturated rings. The molecule has 1 amide bonds. The second kappa shape index (κ2) is 7.61. The highest BCUT2D eigenvalue weighted by atomic mass is 16.5. The Hall–Kier alpha value is -2.81. The van der Waals surface area contributed by atoms with E-state index in [2.05, 4.69) is 17.4 Å². The van der Waals surface area contributed by atoms with E-state index in [4.69, 9.17) is 4.74 Å². The molecule has 1 unspecified atom stereocenters. The molecule has 3 aromatic rings. The zero-order valence-electron chi connectivity index (χ0n) is 15.5. The number of fused-ring (bicyclic) bond motifs is 1. The van der Waals surface area contributed by atoms with Crippen LogP contribution in [-0.2, 0) is 11.2 Å². The van der Waals surface area contributed by atoms with Gasteiger partial charge < -0.3 is 10.1 Å². The average molecular weight is 347 g/mol. The van der Waals surface area contributed by atoms with Crippen LogP contribution in [0.3, 0.4) is 0 Å². The van der Waals surface area contributed by atoms with E-state index < -0.39 is 6.10 Å². The van der Waals surface area contributed by atoms with E-state index in [0.717, 1.165) is 22.9 Å². The zero-order chi connectivity index (χ0) is 18.6. The minimum atomic E-state index is -0.573. The van der Waals surface area contributed by atoms with Gasteiger partial charge in [-0.25, -0.2) is 0 Å². The predicted octanol–water partition coefficient (Wildman–Crippen LogP) is 4.74.